The highest BCUT2D eigenvalue weighted by atomic mass is 16.3. The Labute approximate surface area is 113 Å². The lowest BCUT2D eigenvalue weighted by atomic mass is 10.1. The van der Waals surface area contributed by atoms with Gasteiger partial charge in [-0.25, -0.2) is 0 Å². The molecule has 0 radical (unpaired) electrons. The van der Waals surface area contributed by atoms with Gasteiger partial charge in [-0.05, 0) is 37.0 Å². The molecular formula is C15H20N2O2. The first-order valence-corrected chi connectivity index (χ1v) is 7.02. The number of rotatable bonds is 4. The van der Waals surface area contributed by atoms with Crippen LogP contribution in [0.2, 0.25) is 0 Å². The van der Waals surface area contributed by atoms with Crippen LogP contribution in [0.15, 0.2) is 24.3 Å². The second kappa shape index (κ2) is 5.21. The van der Waals surface area contributed by atoms with Crippen LogP contribution in [-0.2, 0) is 11.2 Å². The van der Waals surface area contributed by atoms with Crippen LogP contribution in [0.5, 0.6) is 5.75 Å². The smallest absolute Gasteiger partial charge is 0.224 e. The van der Waals surface area contributed by atoms with Gasteiger partial charge >= 0.3 is 0 Å². The molecule has 1 atom stereocenters. The number of likely N-dealkylation sites (tertiary alicyclic amines) is 1. The van der Waals surface area contributed by atoms with E-state index in [1.807, 2.05) is 0 Å². The lowest BCUT2D eigenvalue weighted by Gasteiger charge is -2.15. The molecule has 2 N–H and O–H groups in total. The third-order valence-electron chi connectivity index (χ3n) is 3.95. The number of phenols is 1. The second-order valence-electron chi connectivity index (χ2n) is 5.62. The summed E-state index contributed by atoms with van der Waals surface area (Å²) >= 11 is 0. The fourth-order valence-corrected chi connectivity index (χ4v) is 2.75. The molecule has 2 fully saturated rings. The van der Waals surface area contributed by atoms with Gasteiger partial charge in [0.15, 0.2) is 0 Å². The average Bonchev–Trinajstić information content (AvgIpc) is 3.14. The molecule has 0 spiro atoms. The van der Waals surface area contributed by atoms with E-state index < -0.39 is 0 Å². The number of nitrogens with one attached hydrogen (secondary N) is 1. The topological polar surface area (TPSA) is 52.6 Å². The summed E-state index contributed by atoms with van der Waals surface area (Å²) in [7, 11) is 0. The lowest BCUT2D eigenvalue weighted by molar-refractivity contribution is -0.121. The van der Waals surface area contributed by atoms with Crippen LogP contribution in [0.4, 0.5) is 0 Å². The number of carbonyl (C=O) groups is 1. The van der Waals surface area contributed by atoms with Crippen molar-refractivity contribution in [1.29, 1.82) is 0 Å². The first-order valence-electron chi connectivity index (χ1n) is 7.02. The van der Waals surface area contributed by atoms with E-state index in [-0.39, 0.29) is 11.7 Å². The van der Waals surface area contributed by atoms with E-state index in [9.17, 15) is 9.90 Å². The van der Waals surface area contributed by atoms with Crippen molar-refractivity contribution in [2.24, 2.45) is 0 Å². The van der Waals surface area contributed by atoms with Crippen molar-refractivity contribution >= 4 is 5.91 Å². The molecule has 1 aliphatic heterocycles. The highest BCUT2D eigenvalue weighted by molar-refractivity contribution is 5.78. The Morgan fingerprint density at radius 2 is 2.00 bits per heavy atom. The maximum absolute atomic E-state index is 12.0. The van der Waals surface area contributed by atoms with Crippen LogP contribution in [-0.4, -0.2) is 41.1 Å². The normalized spacial score (nSPS) is 23.5. The number of aromatic hydroxyl groups is 1. The summed E-state index contributed by atoms with van der Waals surface area (Å²) in [6.45, 7) is 2.13. The molecular weight excluding hydrogens is 240 g/mol. The standard InChI is InChI=1S/C15H20N2O2/c18-14-5-1-11(2-6-14)9-15(19)16-12-7-8-17(10-12)13-3-4-13/h1-2,5-6,12-13,18H,3-4,7-10H2,(H,16,19). The van der Waals surface area contributed by atoms with Crippen LogP contribution in [0.3, 0.4) is 0 Å². The third kappa shape index (κ3) is 3.26. The van der Waals surface area contributed by atoms with Gasteiger partial charge in [-0.1, -0.05) is 12.1 Å². The molecule has 4 heteroatoms. The molecule has 1 saturated carbocycles. The number of phenolic OH excluding ortho intramolecular Hbond substituents is 1. The predicted octanol–water partition coefficient (Wildman–Crippen LogP) is 1.29. The van der Waals surface area contributed by atoms with Crippen molar-refractivity contribution in [3.05, 3.63) is 29.8 Å². The van der Waals surface area contributed by atoms with E-state index in [0.29, 0.717) is 12.5 Å². The van der Waals surface area contributed by atoms with Crippen molar-refractivity contribution in [3.8, 4) is 5.75 Å². The Bertz CT molecular complexity index is 454. The van der Waals surface area contributed by atoms with E-state index in [4.69, 9.17) is 0 Å². The van der Waals surface area contributed by atoms with E-state index in [0.717, 1.165) is 31.1 Å². The largest absolute Gasteiger partial charge is 0.508 e. The van der Waals surface area contributed by atoms with E-state index >= 15 is 0 Å². The monoisotopic (exact) mass is 260 g/mol. The van der Waals surface area contributed by atoms with Crippen molar-refractivity contribution < 1.29 is 9.90 Å². The minimum Gasteiger partial charge on any atom is -0.508 e. The average molecular weight is 260 g/mol. The van der Waals surface area contributed by atoms with Gasteiger partial charge in [0.05, 0.1) is 6.42 Å². The molecule has 1 aromatic rings. The zero-order chi connectivity index (χ0) is 13.2. The van der Waals surface area contributed by atoms with E-state index in [1.165, 1.54) is 12.8 Å². The molecule has 3 rings (SSSR count). The SMILES string of the molecule is O=C(Cc1ccc(O)cc1)NC1CCN(C2CC2)C1. The summed E-state index contributed by atoms with van der Waals surface area (Å²) in [5, 5.41) is 12.3. The zero-order valence-electron chi connectivity index (χ0n) is 11.0. The summed E-state index contributed by atoms with van der Waals surface area (Å²) in [4.78, 5) is 14.4. The summed E-state index contributed by atoms with van der Waals surface area (Å²) in [6, 6.07) is 7.92. The van der Waals surface area contributed by atoms with Crippen LogP contribution in [0, 0.1) is 0 Å². The van der Waals surface area contributed by atoms with Crippen LogP contribution >= 0.6 is 0 Å². The van der Waals surface area contributed by atoms with Gasteiger partial charge < -0.3 is 10.4 Å². The lowest BCUT2D eigenvalue weighted by Crippen LogP contribution is -2.38. The molecule has 1 aromatic carbocycles. The number of benzene rings is 1. The fourth-order valence-electron chi connectivity index (χ4n) is 2.75. The summed E-state index contributed by atoms with van der Waals surface area (Å²) in [6.07, 6.45) is 4.11. The summed E-state index contributed by atoms with van der Waals surface area (Å²) < 4.78 is 0. The quantitative estimate of drug-likeness (QED) is 0.857. The Morgan fingerprint density at radius 1 is 1.26 bits per heavy atom. The number of hydrogen-bond acceptors (Lipinski definition) is 3. The van der Waals surface area contributed by atoms with Crippen molar-refractivity contribution in [1.82, 2.24) is 10.2 Å². The molecule has 4 nitrogen and oxygen atoms in total. The van der Waals surface area contributed by atoms with Crippen LogP contribution in [0.25, 0.3) is 0 Å². The van der Waals surface area contributed by atoms with Gasteiger partial charge in [0.25, 0.3) is 0 Å². The van der Waals surface area contributed by atoms with Gasteiger partial charge in [0.1, 0.15) is 5.75 Å². The molecule has 1 amide bonds. The summed E-state index contributed by atoms with van der Waals surface area (Å²) in [5.41, 5.74) is 0.937. The predicted molar refractivity (Wildman–Crippen MR) is 73.0 cm³/mol. The molecule has 1 aliphatic carbocycles. The number of carbonyl (C=O) groups excluding carboxylic acids is 1. The highest BCUT2D eigenvalue weighted by Gasteiger charge is 2.34. The van der Waals surface area contributed by atoms with Gasteiger partial charge in [-0.15, -0.1) is 0 Å². The Hall–Kier alpha value is -1.55. The first kappa shape index (κ1) is 12.5. The Kier molecular flexibility index (Phi) is 3.42. The minimum atomic E-state index is 0.0772. The molecule has 102 valence electrons. The van der Waals surface area contributed by atoms with Crippen LogP contribution < -0.4 is 5.32 Å². The van der Waals surface area contributed by atoms with Crippen molar-refractivity contribution in [3.63, 3.8) is 0 Å². The van der Waals surface area contributed by atoms with E-state index in [1.54, 1.807) is 24.3 Å². The minimum absolute atomic E-state index is 0.0772. The van der Waals surface area contributed by atoms with Crippen molar-refractivity contribution in [2.45, 2.75) is 37.8 Å². The number of amides is 1. The maximum atomic E-state index is 12.0. The zero-order valence-corrected chi connectivity index (χ0v) is 11.0. The molecule has 0 aromatic heterocycles. The van der Waals surface area contributed by atoms with Gasteiger partial charge in [-0.3, -0.25) is 9.69 Å². The molecule has 0 bridgehead atoms. The second-order valence-corrected chi connectivity index (χ2v) is 5.62. The molecule has 1 saturated heterocycles. The molecule has 1 heterocycles. The summed E-state index contributed by atoms with van der Waals surface area (Å²) in [5.74, 6) is 0.313. The molecule has 19 heavy (non-hydrogen) atoms. The number of nitrogens with zero attached hydrogens (tertiary/aromatic N) is 1. The number of hydrogen-bond donors (Lipinski definition) is 2. The van der Waals surface area contributed by atoms with Gasteiger partial charge in [0, 0.05) is 25.2 Å². The van der Waals surface area contributed by atoms with Gasteiger partial charge in [0.2, 0.25) is 5.91 Å². The van der Waals surface area contributed by atoms with Gasteiger partial charge in [-0.2, -0.15) is 0 Å². The first-order chi connectivity index (χ1) is 9.20. The van der Waals surface area contributed by atoms with Crippen LogP contribution in [0.1, 0.15) is 24.8 Å². The third-order valence-corrected chi connectivity index (χ3v) is 3.95. The molecule has 2 aliphatic rings. The molecule has 1 unspecified atom stereocenters. The highest BCUT2D eigenvalue weighted by Crippen LogP contribution is 2.29. The van der Waals surface area contributed by atoms with E-state index in [2.05, 4.69) is 10.2 Å². The van der Waals surface area contributed by atoms with Crippen molar-refractivity contribution in [2.75, 3.05) is 13.1 Å². The fraction of sp³-hybridized carbons (Fsp3) is 0.533. The maximum Gasteiger partial charge on any atom is 0.224 e. The Balaban J connectivity index is 1.47. The Morgan fingerprint density at radius 3 is 2.68 bits per heavy atom.